The predicted octanol–water partition coefficient (Wildman–Crippen LogP) is 2.45. The molecule has 1 rings (SSSR count). The Morgan fingerprint density at radius 3 is 2.60 bits per heavy atom. The van der Waals surface area contributed by atoms with Crippen molar-refractivity contribution in [3.63, 3.8) is 0 Å². The van der Waals surface area contributed by atoms with Crippen LogP contribution in [0.1, 0.15) is 39.5 Å². The first-order valence-corrected chi connectivity index (χ1v) is 6.67. The van der Waals surface area contributed by atoms with Gasteiger partial charge in [-0.05, 0) is 64.8 Å². The second-order valence-corrected chi connectivity index (χ2v) is 4.94. The van der Waals surface area contributed by atoms with Gasteiger partial charge < -0.3 is 9.80 Å². The quantitative estimate of drug-likeness (QED) is 0.667. The van der Waals surface area contributed by atoms with Crippen LogP contribution in [0.2, 0.25) is 0 Å². The van der Waals surface area contributed by atoms with Crippen molar-refractivity contribution in [2.75, 3.05) is 39.8 Å². The second kappa shape index (κ2) is 7.24. The summed E-state index contributed by atoms with van der Waals surface area (Å²) >= 11 is 0. The van der Waals surface area contributed by atoms with E-state index in [1.54, 1.807) is 0 Å². The van der Waals surface area contributed by atoms with E-state index in [0.29, 0.717) is 0 Å². The molecule has 1 saturated heterocycles. The summed E-state index contributed by atoms with van der Waals surface area (Å²) in [4.78, 5) is 5.03. The van der Waals surface area contributed by atoms with Gasteiger partial charge in [-0.15, -0.1) is 0 Å². The third-order valence-electron chi connectivity index (χ3n) is 3.70. The van der Waals surface area contributed by atoms with Crippen molar-refractivity contribution in [3.8, 4) is 0 Å². The van der Waals surface area contributed by atoms with Crippen LogP contribution in [0.5, 0.6) is 0 Å². The van der Waals surface area contributed by atoms with Crippen molar-refractivity contribution in [2.45, 2.75) is 39.5 Å². The minimum Gasteiger partial charge on any atom is -0.306 e. The fourth-order valence-corrected chi connectivity index (χ4v) is 2.65. The number of hydrogen-bond donors (Lipinski definition) is 0. The molecular weight excluding hydrogens is 184 g/mol. The molecule has 15 heavy (non-hydrogen) atoms. The molecule has 0 N–H and O–H groups in total. The van der Waals surface area contributed by atoms with Crippen molar-refractivity contribution < 1.29 is 0 Å². The Morgan fingerprint density at radius 2 is 2.00 bits per heavy atom. The molecule has 0 unspecified atom stereocenters. The van der Waals surface area contributed by atoms with Crippen molar-refractivity contribution in [2.24, 2.45) is 5.92 Å². The molecule has 0 spiro atoms. The maximum Gasteiger partial charge on any atom is 0.000662 e. The Balaban J connectivity index is 2.08. The summed E-state index contributed by atoms with van der Waals surface area (Å²) < 4.78 is 0. The lowest BCUT2D eigenvalue weighted by Crippen LogP contribution is -2.32. The largest absolute Gasteiger partial charge is 0.306 e. The molecule has 0 aromatic rings. The molecule has 1 atom stereocenters. The van der Waals surface area contributed by atoms with Gasteiger partial charge in [0, 0.05) is 6.54 Å². The van der Waals surface area contributed by atoms with Gasteiger partial charge in [0.15, 0.2) is 0 Å². The lowest BCUT2D eigenvalue weighted by atomic mass is 9.94. The molecule has 1 aliphatic heterocycles. The summed E-state index contributed by atoms with van der Waals surface area (Å²) in [5, 5.41) is 0. The van der Waals surface area contributed by atoms with Crippen LogP contribution in [-0.4, -0.2) is 49.6 Å². The molecule has 0 aliphatic carbocycles. The topological polar surface area (TPSA) is 6.48 Å². The maximum absolute atomic E-state index is 2.53. The average molecular weight is 212 g/mol. The number of piperidine rings is 1. The molecule has 0 bridgehead atoms. The Bertz CT molecular complexity index is 155. The molecule has 2 heteroatoms. The lowest BCUT2D eigenvalue weighted by Gasteiger charge is -2.30. The highest BCUT2D eigenvalue weighted by molar-refractivity contribution is 4.71. The molecule has 0 aromatic carbocycles. The summed E-state index contributed by atoms with van der Waals surface area (Å²) in [6, 6.07) is 0. The van der Waals surface area contributed by atoms with Gasteiger partial charge in [0.2, 0.25) is 0 Å². The van der Waals surface area contributed by atoms with Gasteiger partial charge in [-0.25, -0.2) is 0 Å². The third-order valence-corrected chi connectivity index (χ3v) is 3.70. The molecule has 90 valence electrons. The number of hydrogen-bond acceptors (Lipinski definition) is 2. The maximum atomic E-state index is 2.53. The normalized spacial score (nSPS) is 23.6. The number of rotatable bonds is 6. The number of likely N-dealkylation sites (tertiary alicyclic amines) is 1. The van der Waals surface area contributed by atoms with Crippen molar-refractivity contribution in [1.82, 2.24) is 9.80 Å². The smallest absolute Gasteiger partial charge is 0.000662 e. The summed E-state index contributed by atoms with van der Waals surface area (Å²) in [7, 11) is 2.26. The minimum absolute atomic E-state index is 0.972. The van der Waals surface area contributed by atoms with Crippen LogP contribution in [0, 0.1) is 5.92 Å². The van der Waals surface area contributed by atoms with E-state index in [2.05, 4.69) is 30.7 Å². The van der Waals surface area contributed by atoms with E-state index in [9.17, 15) is 0 Å². The first-order chi connectivity index (χ1) is 7.26. The molecule has 2 nitrogen and oxygen atoms in total. The third kappa shape index (κ3) is 4.98. The molecule has 1 heterocycles. The highest BCUT2D eigenvalue weighted by Crippen LogP contribution is 2.19. The Kier molecular flexibility index (Phi) is 6.26. The average Bonchev–Trinajstić information content (AvgIpc) is 2.25. The molecule has 1 fully saturated rings. The van der Waals surface area contributed by atoms with Gasteiger partial charge in [-0.3, -0.25) is 0 Å². The molecule has 0 aromatic heterocycles. The molecule has 0 saturated carbocycles. The fourth-order valence-electron chi connectivity index (χ4n) is 2.65. The van der Waals surface area contributed by atoms with Crippen LogP contribution in [0.3, 0.4) is 0 Å². The molecule has 1 aliphatic rings. The van der Waals surface area contributed by atoms with Gasteiger partial charge in [0.05, 0.1) is 0 Å². The predicted molar refractivity (Wildman–Crippen MR) is 67.2 cm³/mol. The van der Waals surface area contributed by atoms with Crippen LogP contribution in [0.15, 0.2) is 0 Å². The first-order valence-electron chi connectivity index (χ1n) is 6.67. The van der Waals surface area contributed by atoms with Gasteiger partial charge in [-0.2, -0.15) is 0 Å². The summed E-state index contributed by atoms with van der Waals surface area (Å²) in [6.45, 7) is 10.9. The van der Waals surface area contributed by atoms with E-state index in [1.807, 2.05) is 0 Å². The SMILES string of the molecule is CCN(CC)CCC[C@@H]1CCCN(C)C1. The number of nitrogens with zero attached hydrogens (tertiary/aromatic N) is 2. The first kappa shape index (κ1) is 13.0. The van der Waals surface area contributed by atoms with E-state index >= 15 is 0 Å². The summed E-state index contributed by atoms with van der Waals surface area (Å²) in [5.41, 5.74) is 0. The van der Waals surface area contributed by atoms with Crippen LogP contribution in [0.4, 0.5) is 0 Å². The fraction of sp³-hybridized carbons (Fsp3) is 1.00. The van der Waals surface area contributed by atoms with Crippen LogP contribution in [-0.2, 0) is 0 Å². The van der Waals surface area contributed by atoms with Gasteiger partial charge >= 0.3 is 0 Å². The molecule has 0 amide bonds. The minimum atomic E-state index is 0.972. The van der Waals surface area contributed by atoms with Crippen LogP contribution in [0.25, 0.3) is 0 Å². The highest BCUT2D eigenvalue weighted by Gasteiger charge is 2.16. The zero-order valence-electron chi connectivity index (χ0n) is 10.8. The second-order valence-electron chi connectivity index (χ2n) is 4.94. The Labute approximate surface area is 95.6 Å². The van der Waals surface area contributed by atoms with E-state index < -0.39 is 0 Å². The van der Waals surface area contributed by atoms with Gasteiger partial charge in [0.25, 0.3) is 0 Å². The van der Waals surface area contributed by atoms with Gasteiger partial charge in [-0.1, -0.05) is 13.8 Å². The van der Waals surface area contributed by atoms with Crippen molar-refractivity contribution in [1.29, 1.82) is 0 Å². The molecule has 0 radical (unpaired) electrons. The zero-order chi connectivity index (χ0) is 11.1. The monoisotopic (exact) mass is 212 g/mol. The summed E-state index contributed by atoms with van der Waals surface area (Å²) in [6.07, 6.45) is 5.69. The van der Waals surface area contributed by atoms with Crippen LogP contribution >= 0.6 is 0 Å². The lowest BCUT2D eigenvalue weighted by molar-refractivity contribution is 0.192. The van der Waals surface area contributed by atoms with Crippen molar-refractivity contribution >= 4 is 0 Å². The van der Waals surface area contributed by atoms with E-state index in [0.717, 1.165) is 5.92 Å². The Morgan fingerprint density at radius 1 is 1.27 bits per heavy atom. The Hall–Kier alpha value is -0.0800. The molecular formula is C13H28N2. The van der Waals surface area contributed by atoms with E-state index in [1.165, 1.54) is 58.4 Å². The highest BCUT2D eigenvalue weighted by atomic mass is 15.1. The van der Waals surface area contributed by atoms with Gasteiger partial charge in [0.1, 0.15) is 0 Å². The van der Waals surface area contributed by atoms with Crippen LogP contribution < -0.4 is 0 Å². The van der Waals surface area contributed by atoms with E-state index in [-0.39, 0.29) is 0 Å². The standard InChI is InChI=1S/C13H28N2/c1-4-15(5-2)11-7-9-13-8-6-10-14(3)12-13/h13H,4-12H2,1-3H3/t13-/m0/s1. The van der Waals surface area contributed by atoms with E-state index in [4.69, 9.17) is 0 Å². The zero-order valence-corrected chi connectivity index (χ0v) is 10.8. The summed E-state index contributed by atoms with van der Waals surface area (Å²) in [5.74, 6) is 0.972. The van der Waals surface area contributed by atoms with Crippen molar-refractivity contribution in [3.05, 3.63) is 0 Å².